The fourth-order valence-corrected chi connectivity index (χ4v) is 3.46. The smallest absolute Gasteiger partial charge is 0.336 e. The van der Waals surface area contributed by atoms with Crippen molar-refractivity contribution in [3.63, 3.8) is 0 Å². The van der Waals surface area contributed by atoms with Crippen LogP contribution in [0.1, 0.15) is 10.4 Å². The highest BCUT2D eigenvalue weighted by Gasteiger charge is 2.20. The third kappa shape index (κ3) is 8.92. The molecule has 0 atom stereocenters. The Morgan fingerprint density at radius 1 is 0.917 bits per heavy atom. The lowest BCUT2D eigenvalue weighted by molar-refractivity contribution is 0.0828. The molecule has 3 aromatic rings. The van der Waals surface area contributed by atoms with Crippen LogP contribution in [-0.4, -0.2) is 63.5 Å². The van der Waals surface area contributed by atoms with Gasteiger partial charge in [0.05, 0.1) is 31.5 Å². The molecule has 14 heteroatoms. The molecule has 0 fully saturated rings. The summed E-state index contributed by atoms with van der Waals surface area (Å²) < 4.78 is 38.4. The van der Waals surface area contributed by atoms with Crippen LogP contribution in [0.2, 0.25) is 5.02 Å². The maximum absolute atomic E-state index is 12.3. The van der Waals surface area contributed by atoms with Gasteiger partial charge in [0.25, 0.3) is 5.91 Å². The highest BCUT2D eigenvalue weighted by atomic mass is 35.5. The fourth-order valence-electron chi connectivity index (χ4n) is 2.50. The Bertz CT molecular complexity index is 1270. The summed E-state index contributed by atoms with van der Waals surface area (Å²) in [5.41, 5.74) is 0.120. The number of methoxy groups -OCH3 is 2. The Labute approximate surface area is 213 Å². The first-order valence-electron chi connectivity index (χ1n) is 10.1. The van der Waals surface area contributed by atoms with E-state index in [0.29, 0.717) is 0 Å². The summed E-state index contributed by atoms with van der Waals surface area (Å²) in [7, 11) is 1.40. The van der Waals surface area contributed by atoms with E-state index in [-0.39, 0.29) is 29.0 Å². The van der Waals surface area contributed by atoms with Crippen LogP contribution in [0.25, 0.3) is 0 Å². The third-order valence-electron chi connectivity index (χ3n) is 4.09. The number of anilines is 2. The molecule has 1 heterocycles. The number of nitrogens with zero attached hydrogens (tertiary/aromatic N) is 3. The van der Waals surface area contributed by atoms with E-state index in [1.807, 2.05) is 30.3 Å². The zero-order valence-corrected chi connectivity index (χ0v) is 21.4. The number of halogens is 1. The Kier molecular flexibility index (Phi) is 10.2. The number of ether oxygens (including phenoxy) is 2. The number of nitrogens with one attached hydrogen (secondary N) is 3. The quantitative estimate of drug-likeness (QED) is 0.416. The number of amides is 3. The number of urea groups is 1. The maximum Gasteiger partial charge on any atom is 0.336 e. The first-order valence-corrected chi connectivity index (χ1v) is 12.0. The van der Waals surface area contributed by atoms with E-state index in [4.69, 9.17) is 21.1 Å². The number of hydrogen-bond donors (Lipinski definition) is 3. The van der Waals surface area contributed by atoms with Crippen LogP contribution in [0.15, 0.2) is 60.7 Å². The molecule has 0 spiro atoms. The molecular formula is C22H25ClN6O6S. The summed E-state index contributed by atoms with van der Waals surface area (Å²) in [5.74, 6) is -0.449. The lowest BCUT2D eigenvalue weighted by Crippen LogP contribution is -2.39. The molecule has 12 nitrogen and oxygen atoms in total. The SMILES string of the molecule is COc1cc(OC)nc(NC(=O)NS(=O)(=O)Nc2ccccc2C(=O)N(C)C)n1.Clc1ccccc1. The maximum atomic E-state index is 12.3. The Morgan fingerprint density at radius 3 is 1.97 bits per heavy atom. The molecule has 0 aliphatic rings. The first kappa shape index (κ1) is 28.1. The van der Waals surface area contributed by atoms with Crippen molar-refractivity contribution < 1.29 is 27.5 Å². The molecule has 3 rings (SSSR count). The van der Waals surface area contributed by atoms with E-state index in [1.165, 1.54) is 51.4 Å². The monoisotopic (exact) mass is 536 g/mol. The third-order valence-corrected chi connectivity index (χ3v) is 5.29. The van der Waals surface area contributed by atoms with E-state index in [0.717, 1.165) is 5.02 Å². The number of carbonyl (C=O) groups is 2. The van der Waals surface area contributed by atoms with Crippen molar-refractivity contribution in [3.8, 4) is 11.8 Å². The lowest BCUT2D eigenvalue weighted by Gasteiger charge is -2.15. The average molecular weight is 537 g/mol. The van der Waals surface area contributed by atoms with E-state index in [9.17, 15) is 18.0 Å². The van der Waals surface area contributed by atoms with Crippen LogP contribution in [0.3, 0.4) is 0 Å². The molecule has 0 bridgehead atoms. The normalized spacial score (nSPS) is 10.2. The van der Waals surface area contributed by atoms with Crippen LogP contribution < -0.4 is 24.2 Å². The topological polar surface area (TPSA) is 152 Å². The lowest BCUT2D eigenvalue weighted by atomic mass is 10.1. The highest BCUT2D eigenvalue weighted by molar-refractivity contribution is 7.91. The van der Waals surface area contributed by atoms with Gasteiger partial charge >= 0.3 is 16.2 Å². The van der Waals surface area contributed by atoms with Crippen LogP contribution in [0, 0.1) is 0 Å². The van der Waals surface area contributed by atoms with Gasteiger partial charge < -0.3 is 14.4 Å². The van der Waals surface area contributed by atoms with Crippen molar-refractivity contribution in [2.45, 2.75) is 0 Å². The summed E-state index contributed by atoms with van der Waals surface area (Å²) in [6, 6.07) is 15.7. The van der Waals surface area contributed by atoms with Gasteiger partial charge in [0.15, 0.2) is 0 Å². The van der Waals surface area contributed by atoms with Crippen LogP contribution in [0.5, 0.6) is 11.8 Å². The molecule has 3 N–H and O–H groups in total. The van der Waals surface area contributed by atoms with Crippen molar-refractivity contribution in [1.82, 2.24) is 19.6 Å². The summed E-state index contributed by atoms with van der Waals surface area (Å²) in [6.45, 7) is 0. The molecule has 0 radical (unpaired) electrons. The van der Waals surface area contributed by atoms with Gasteiger partial charge in [0, 0.05) is 19.1 Å². The molecule has 0 saturated heterocycles. The summed E-state index contributed by atoms with van der Waals surface area (Å²) in [4.78, 5) is 33.3. The van der Waals surface area contributed by atoms with Crippen molar-refractivity contribution >= 4 is 45.4 Å². The minimum absolute atomic E-state index is 0.00537. The van der Waals surface area contributed by atoms with Crippen molar-refractivity contribution in [3.05, 3.63) is 71.2 Å². The van der Waals surface area contributed by atoms with E-state index < -0.39 is 22.1 Å². The molecule has 192 valence electrons. The Hall–Kier alpha value is -4.10. The van der Waals surface area contributed by atoms with Gasteiger partial charge in [0.2, 0.25) is 17.7 Å². The minimum atomic E-state index is -4.37. The van der Waals surface area contributed by atoms with Gasteiger partial charge in [-0.05, 0) is 24.3 Å². The summed E-state index contributed by atoms with van der Waals surface area (Å²) in [6.07, 6.45) is 0. The van der Waals surface area contributed by atoms with Crippen molar-refractivity contribution in [1.29, 1.82) is 0 Å². The molecule has 3 amide bonds. The molecule has 0 aliphatic carbocycles. The van der Waals surface area contributed by atoms with Gasteiger partial charge in [-0.1, -0.05) is 41.9 Å². The number of hydrogen-bond acceptors (Lipinski definition) is 8. The van der Waals surface area contributed by atoms with Gasteiger partial charge in [-0.25, -0.2) is 9.52 Å². The van der Waals surface area contributed by atoms with Crippen LogP contribution in [0.4, 0.5) is 16.4 Å². The molecule has 0 unspecified atom stereocenters. The second-order valence-corrected chi connectivity index (χ2v) is 8.83. The molecule has 0 aliphatic heterocycles. The van der Waals surface area contributed by atoms with Crippen molar-refractivity contribution in [2.75, 3.05) is 38.4 Å². The number of rotatable bonds is 7. The average Bonchev–Trinajstić information content (AvgIpc) is 2.83. The highest BCUT2D eigenvalue weighted by Crippen LogP contribution is 2.19. The summed E-state index contributed by atoms with van der Waals surface area (Å²) >= 11 is 5.54. The fraction of sp³-hybridized carbons (Fsp3) is 0.182. The Morgan fingerprint density at radius 2 is 1.47 bits per heavy atom. The molecular weight excluding hydrogens is 512 g/mol. The molecule has 0 saturated carbocycles. The second-order valence-electron chi connectivity index (χ2n) is 6.98. The number of carbonyl (C=O) groups excluding carboxylic acids is 2. The van der Waals surface area contributed by atoms with E-state index in [2.05, 4.69) is 20.0 Å². The largest absolute Gasteiger partial charge is 0.481 e. The minimum Gasteiger partial charge on any atom is -0.481 e. The standard InChI is InChI=1S/C16H20N6O6S.C6H5Cl/c1-22(2)14(23)10-7-5-6-8-11(10)20-29(25,26)21-16(24)19-15-17-12(27-3)9-13(18-15)28-4;7-6-4-2-1-3-5-6/h5-9,20H,1-4H3,(H2,17,18,19,21,24);1-5H. The van der Waals surface area contributed by atoms with E-state index >= 15 is 0 Å². The molecule has 1 aromatic heterocycles. The van der Waals surface area contributed by atoms with Crippen LogP contribution in [-0.2, 0) is 10.2 Å². The van der Waals surface area contributed by atoms with Gasteiger partial charge in [-0.3, -0.25) is 14.8 Å². The number of aromatic nitrogens is 2. The van der Waals surface area contributed by atoms with Gasteiger partial charge in [-0.2, -0.15) is 18.4 Å². The van der Waals surface area contributed by atoms with Crippen LogP contribution >= 0.6 is 11.6 Å². The number of benzene rings is 2. The Balaban J connectivity index is 0.000000558. The predicted octanol–water partition coefficient (Wildman–Crippen LogP) is 3.01. The van der Waals surface area contributed by atoms with Crippen molar-refractivity contribution in [2.24, 2.45) is 0 Å². The second kappa shape index (κ2) is 13.1. The summed E-state index contributed by atoms with van der Waals surface area (Å²) in [5, 5.41) is 2.96. The zero-order chi connectivity index (χ0) is 26.7. The van der Waals surface area contributed by atoms with E-state index in [1.54, 1.807) is 16.9 Å². The molecule has 36 heavy (non-hydrogen) atoms. The molecule has 2 aromatic carbocycles. The zero-order valence-electron chi connectivity index (χ0n) is 19.9. The predicted molar refractivity (Wildman–Crippen MR) is 136 cm³/mol. The number of para-hydroxylation sites is 1. The first-order chi connectivity index (χ1) is 17.0. The van der Waals surface area contributed by atoms with Gasteiger partial charge in [0.1, 0.15) is 0 Å². The van der Waals surface area contributed by atoms with Gasteiger partial charge in [-0.15, -0.1) is 0 Å².